The van der Waals surface area contributed by atoms with Crippen LogP contribution in [0.15, 0.2) is 58.5 Å². The molecule has 0 saturated carbocycles. The van der Waals surface area contributed by atoms with E-state index in [1.165, 1.54) is 0 Å². The molecule has 41 heavy (non-hydrogen) atoms. The summed E-state index contributed by atoms with van der Waals surface area (Å²) in [5, 5.41) is 7.09. The Labute approximate surface area is 254 Å². The number of anilines is 2. The van der Waals surface area contributed by atoms with E-state index in [-0.39, 0.29) is 23.5 Å². The van der Waals surface area contributed by atoms with E-state index in [1.807, 2.05) is 48.5 Å². The second kappa shape index (κ2) is 16.0. The zero-order valence-electron chi connectivity index (χ0n) is 26.3. The van der Waals surface area contributed by atoms with Crippen molar-refractivity contribution in [3.05, 3.63) is 48.5 Å². The molecule has 0 unspecified atom stereocenters. The Balaban J connectivity index is 0.00000588. The van der Waals surface area contributed by atoms with Crippen molar-refractivity contribution in [2.45, 2.75) is 65.5 Å². The Morgan fingerprint density at radius 1 is 0.634 bits per heavy atom. The number of benzene rings is 2. The molecule has 2 N–H and O–H groups in total. The van der Waals surface area contributed by atoms with Gasteiger partial charge in [-0.3, -0.25) is 9.98 Å². The normalized spacial score (nSPS) is 15.7. The lowest BCUT2D eigenvalue weighted by atomic mass is 10.1. The van der Waals surface area contributed by atoms with Crippen LogP contribution in [0.5, 0.6) is 11.5 Å². The van der Waals surface area contributed by atoms with Crippen LogP contribution in [-0.2, 0) is 0 Å². The molecule has 3 rings (SSSR count). The maximum absolute atomic E-state index is 5.29. The smallest absolute Gasteiger partial charge is 0.119 e. The van der Waals surface area contributed by atoms with Crippen LogP contribution in [-0.4, -0.2) is 86.0 Å². The van der Waals surface area contributed by atoms with E-state index in [1.54, 1.807) is 14.2 Å². The van der Waals surface area contributed by atoms with Crippen LogP contribution in [0.25, 0.3) is 0 Å². The first-order chi connectivity index (χ1) is 18.9. The number of hydrogen-bond donors (Lipinski definition) is 2. The quantitative estimate of drug-likeness (QED) is 0.246. The molecular weight excluding hydrogens is 536 g/mol. The summed E-state index contributed by atoms with van der Waals surface area (Å²) < 4.78 is 10.6. The summed E-state index contributed by atoms with van der Waals surface area (Å²) in [5.41, 5.74) is 1.79. The third-order valence-corrected chi connectivity index (χ3v) is 6.49. The van der Waals surface area contributed by atoms with E-state index in [0.29, 0.717) is 0 Å². The summed E-state index contributed by atoms with van der Waals surface area (Å²) in [6.45, 7) is 19.1. The van der Waals surface area contributed by atoms with E-state index in [4.69, 9.17) is 19.5 Å². The maximum Gasteiger partial charge on any atom is 0.119 e. The fraction of sp³-hybridized carbons (Fsp3) is 0.562. The molecule has 8 nitrogen and oxygen atoms in total. The minimum atomic E-state index is -0.139. The first-order valence-electron chi connectivity index (χ1n) is 14.4. The van der Waals surface area contributed by atoms with Crippen LogP contribution in [0, 0.1) is 0 Å². The first-order valence-corrected chi connectivity index (χ1v) is 14.4. The Morgan fingerprint density at radius 3 is 1.22 bits per heavy atom. The standard InChI is InChI=1S/C32H50N6O2.ClH/c1-31(2,3)35-29(33-25-9-13-27(39-7)14-10-25)17-19-37-21-23-38(24-22-37)20-18-30(36-32(4,5)6)34-26-11-15-28(40-8)16-12-26;/h9-16H,17-24H2,1-8H3,(H,33,35)(H,34,36);1H. The van der Waals surface area contributed by atoms with E-state index in [2.05, 4.69) is 62.0 Å². The summed E-state index contributed by atoms with van der Waals surface area (Å²) in [7, 11) is 3.37. The van der Waals surface area contributed by atoms with Crippen molar-refractivity contribution < 1.29 is 9.47 Å². The van der Waals surface area contributed by atoms with Crippen molar-refractivity contribution in [2.24, 2.45) is 9.98 Å². The summed E-state index contributed by atoms with van der Waals surface area (Å²) in [6, 6.07) is 16.0. The number of halogens is 1. The predicted molar refractivity (Wildman–Crippen MR) is 177 cm³/mol. The monoisotopic (exact) mass is 586 g/mol. The van der Waals surface area contributed by atoms with E-state index in [0.717, 1.165) is 86.7 Å². The van der Waals surface area contributed by atoms with Crippen LogP contribution < -0.4 is 20.1 Å². The summed E-state index contributed by atoms with van der Waals surface area (Å²) in [5.74, 6) is 3.75. The molecule has 228 valence electrons. The molecular formula is C32H51ClN6O2. The van der Waals surface area contributed by atoms with E-state index >= 15 is 0 Å². The number of rotatable bonds is 10. The van der Waals surface area contributed by atoms with Gasteiger partial charge in [0.25, 0.3) is 0 Å². The lowest BCUT2D eigenvalue weighted by molar-refractivity contribution is 0.137. The number of nitrogens with one attached hydrogen (secondary N) is 2. The van der Waals surface area contributed by atoms with Crippen molar-refractivity contribution in [3.63, 3.8) is 0 Å². The fourth-order valence-electron chi connectivity index (χ4n) is 4.55. The van der Waals surface area contributed by atoms with Crippen LogP contribution in [0.1, 0.15) is 54.4 Å². The lowest BCUT2D eigenvalue weighted by Crippen LogP contribution is -2.47. The molecule has 0 atom stereocenters. The lowest BCUT2D eigenvalue weighted by Gasteiger charge is -2.35. The molecule has 9 heteroatoms. The van der Waals surface area contributed by atoms with Crippen LogP contribution in [0.4, 0.5) is 11.4 Å². The van der Waals surface area contributed by atoms with Gasteiger partial charge in [-0.2, -0.15) is 0 Å². The molecule has 0 amide bonds. The third kappa shape index (κ3) is 13.1. The second-order valence-electron chi connectivity index (χ2n) is 12.3. The molecule has 0 aromatic heterocycles. The number of nitrogens with zero attached hydrogens (tertiary/aromatic N) is 4. The maximum atomic E-state index is 5.29. The van der Waals surface area contributed by atoms with E-state index in [9.17, 15) is 0 Å². The van der Waals surface area contributed by atoms with Gasteiger partial charge >= 0.3 is 0 Å². The van der Waals surface area contributed by atoms with Crippen LogP contribution in [0.3, 0.4) is 0 Å². The average Bonchev–Trinajstić information content (AvgIpc) is 2.90. The topological polar surface area (TPSA) is 73.7 Å². The van der Waals surface area contributed by atoms with Crippen molar-refractivity contribution in [1.82, 2.24) is 9.80 Å². The second-order valence-corrected chi connectivity index (χ2v) is 12.3. The van der Waals surface area contributed by atoms with Gasteiger partial charge < -0.3 is 29.9 Å². The van der Waals surface area contributed by atoms with Crippen molar-refractivity contribution >= 4 is 35.5 Å². The van der Waals surface area contributed by atoms with Gasteiger partial charge in [0.15, 0.2) is 0 Å². The van der Waals surface area contributed by atoms with Gasteiger partial charge in [-0.05, 0) is 90.1 Å². The van der Waals surface area contributed by atoms with Crippen LogP contribution in [0.2, 0.25) is 0 Å². The highest BCUT2D eigenvalue weighted by Crippen LogP contribution is 2.19. The molecule has 2 aromatic carbocycles. The van der Waals surface area contributed by atoms with Gasteiger partial charge in [-0.15, -0.1) is 12.4 Å². The molecule has 1 fully saturated rings. The minimum Gasteiger partial charge on any atom is -0.497 e. The molecule has 2 aromatic rings. The highest BCUT2D eigenvalue weighted by atomic mass is 35.5. The predicted octanol–water partition coefficient (Wildman–Crippen LogP) is 6.44. The Hall–Kier alpha value is -2.81. The van der Waals surface area contributed by atoms with Gasteiger partial charge in [0, 0.05) is 63.5 Å². The van der Waals surface area contributed by atoms with Crippen molar-refractivity contribution in [1.29, 1.82) is 0 Å². The molecule has 1 aliphatic rings. The number of ether oxygens (including phenoxy) is 2. The van der Waals surface area contributed by atoms with Gasteiger partial charge in [0.2, 0.25) is 0 Å². The van der Waals surface area contributed by atoms with Gasteiger partial charge in [0.1, 0.15) is 23.2 Å². The molecule has 0 spiro atoms. The number of amidine groups is 2. The SMILES string of the molecule is COc1ccc(NC(CCN2CCN(CCC(=NC(C)(C)C)Nc3ccc(OC)cc3)CC2)=NC(C)(C)C)cc1.Cl. The fourth-order valence-corrected chi connectivity index (χ4v) is 4.55. The number of methoxy groups -OCH3 is 2. The van der Waals surface area contributed by atoms with Gasteiger partial charge in [-0.1, -0.05) is 0 Å². The summed E-state index contributed by atoms with van der Waals surface area (Å²) in [4.78, 5) is 15.0. The summed E-state index contributed by atoms with van der Waals surface area (Å²) in [6.07, 6.45) is 1.77. The van der Waals surface area contributed by atoms with Gasteiger partial charge in [-0.25, -0.2) is 0 Å². The molecule has 0 aliphatic carbocycles. The van der Waals surface area contributed by atoms with E-state index < -0.39 is 0 Å². The number of hydrogen-bond acceptors (Lipinski definition) is 6. The Morgan fingerprint density at radius 2 is 0.951 bits per heavy atom. The highest BCUT2D eigenvalue weighted by molar-refractivity contribution is 5.96. The molecule has 1 heterocycles. The molecule has 1 saturated heterocycles. The zero-order chi connectivity index (χ0) is 29.2. The van der Waals surface area contributed by atoms with Crippen LogP contribution >= 0.6 is 12.4 Å². The summed E-state index contributed by atoms with van der Waals surface area (Å²) >= 11 is 0. The average molecular weight is 587 g/mol. The number of piperazine rings is 1. The Bertz CT molecular complexity index is 1010. The Kier molecular flexibility index (Phi) is 13.4. The van der Waals surface area contributed by atoms with Crippen molar-refractivity contribution in [2.75, 3.05) is 64.1 Å². The molecule has 0 radical (unpaired) electrons. The largest absolute Gasteiger partial charge is 0.497 e. The zero-order valence-corrected chi connectivity index (χ0v) is 27.1. The van der Waals surface area contributed by atoms with Crippen molar-refractivity contribution in [3.8, 4) is 11.5 Å². The first kappa shape index (κ1) is 34.4. The number of aliphatic imine (C=N–C) groups is 2. The van der Waals surface area contributed by atoms with Gasteiger partial charge in [0.05, 0.1) is 25.3 Å². The molecule has 1 aliphatic heterocycles. The highest BCUT2D eigenvalue weighted by Gasteiger charge is 2.19. The minimum absolute atomic E-state index is 0. The molecule has 0 bridgehead atoms. The third-order valence-electron chi connectivity index (χ3n) is 6.49.